The van der Waals surface area contributed by atoms with Crippen LogP contribution in [-0.4, -0.2) is 56.4 Å². The van der Waals surface area contributed by atoms with Gasteiger partial charge in [0, 0.05) is 31.6 Å². The maximum Gasteiger partial charge on any atom is 0.226 e. The first-order chi connectivity index (χ1) is 23.3. The molecule has 4 atom stereocenters. The number of carbonyl (C=O) groups excluding carboxylic acids is 2. The fourth-order valence-corrected chi connectivity index (χ4v) is 6.72. The van der Waals surface area contributed by atoms with Crippen LogP contribution in [0.15, 0.2) is 60.9 Å². The van der Waals surface area contributed by atoms with Crippen molar-refractivity contribution in [2.75, 3.05) is 19.8 Å². The Morgan fingerprint density at radius 1 is 0.731 bits per heavy atom. The second-order valence-electron chi connectivity index (χ2n) is 14.0. The van der Waals surface area contributed by atoms with Crippen LogP contribution in [0.1, 0.15) is 96.4 Å². The summed E-state index contributed by atoms with van der Waals surface area (Å²) in [6.07, 6.45) is 10.4. The van der Waals surface area contributed by atoms with Gasteiger partial charge in [-0.05, 0) is 60.3 Å². The van der Waals surface area contributed by atoms with Gasteiger partial charge in [-0.3, -0.25) is 9.59 Å². The number of aromatic nitrogens is 4. The van der Waals surface area contributed by atoms with E-state index in [9.17, 15) is 9.59 Å². The van der Waals surface area contributed by atoms with Crippen molar-refractivity contribution in [3.8, 4) is 33.6 Å². The molecule has 3 N–H and O–H groups in total. The number of aromatic amines is 2. The Bertz CT molecular complexity index is 1680. The van der Waals surface area contributed by atoms with Crippen molar-refractivity contribution in [1.82, 2.24) is 30.2 Å². The first kappa shape index (κ1) is 45.3. The molecule has 2 aliphatic rings. The zero-order valence-corrected chi connectivity index (χ0v) is 34.8. The van der Waals surface area contributed by atoms with E-state index in [1.165, 1.54) is 0 Å². The third-order valence-electron chi connectivity index (χ3n) is 10.2. The Morgan fingerprint density at radius 2 is 1.29 bits per heavy atom. The van der Waals surface area contributed by atoms with E-state index in [1.54, 1.807) is 0 Å². The number of hydrogen-bond acceptors (Lipinski definition) is 5. The van der Waals surface area contributed by atoms with Crippen LogP contribution in [0.3, 0.4) is 0 Å². The lowest BCUT2D eigenvalue weighted by atomic mass is 9.96. The molecule has 2 aliphatic heterocycles. The van der Waals surface area contributed by atoms with Crippen LogP contribution in [0.4, 0.5) is 0 Å². The van der Waals surface area contributed by atoms with Gasteiger partial charge in [-0.1, -0.05) is 89.1 Å². The van der Waals surface area contributed by atoms with Gasteiger partial charge in [0.15, 0.2) is 0 Å². The normalized spacial score (nSPS) is 20.1. The molecule has 4 heterocycles. The Labute approximate surface area is 337 Å². The smallest absolute Gasteiger partial charge is 0.226 e. The Kier molecular flexibility index (Phi) is 18.4. The molecule has 0 aliphatic carbocycles. The summed E-state index contributed by atoms with van der Waals surface area (Å²) in [5.41, 5.74) is 6.20. The molecule has 0 unspecified atom stereocenters. The number of imidazole rings is 2. The van der Waals surface area contributed by atoms with Crippen LogP contribution in [0.25, 0.3) is 33.6 Å². The number of ether oxygens (including phenoxy) is 1. The first-order valence-electron chi connectivity index (χ1n) is 17.8. The second kappa shape index (κ2) is 21.2. The van der Waals surface area contributed by atoms with Crippen LogP contribution in [0, 0.1) is 17.8 Å². The maximum atomic E-state index is 13.1. The van der Waals surface area contributed by atoms with E-state index in [-0.39, 0.29) is 89.7 Å². The summed E-state index contributed by atoms with van der Waals surface area (Å²) in [5.74, 6) is 2.22. The minimum atomic E-state index is -0.218. The number of amides is 2. The number of nitrogens with zero attached hydrogens (tertiary/aromatic N) is 3. The fourth-order valence-electron chi connectivity index (χ4n) is 6.72. The largest absolute Gasteiger partial charge is 0.381 e. The summed E-state index contributed by atoms with van der Waals surface area (Å²) < 4.78 is 5.84. The maximum absolute atomic E-state index is 13.1. The highest BCUT2D eigenvalue weighted by molar-refractivity contribution is 7.59. The molecule has 6 rings (SSSR count). The van der Waals surface area contributed by atoms with E-state index in [0.29, 0.717) is 18.9 Å². The molecule has 9 nitrogen and oxygen atoms in total. The Morgan fingerprint density at radius 3 is 1.88 bits per heavy atom. The number of benzene rings is 2. The molecule has 2 amide bonds. The summed E-state index contributed by atoms with van der Waals surface area (Å²) in [5, 5.41) is 3.21. The topological polar surface area (TPSA) is 116 Å². The van der Waals surface area contributed by atoms with E-state index >= 15 is 0 Å². The highest BCUT2D eigenvalue weighted by Crippen LogP contribution is 2.34. The highest BCUT2D eigenvalue weighted by atomic mass is 32.1. The van der Waals surface area contributed by atoms with E-state index < -0.39 is 0 Å². The van der Waals surface area contributed by atoms with Crippen LogP contribution >= 0.6 is 54.0 Å². The molecule has 52 heavy (non-hydrogen) atoms. The van der Waals surface area contributed by atoms with Crippen LogP contribution in [-0.2, 0) is 14.3 Å². The molecular formula is C39H58N6O3S4. The van der Waals surface area contributed by atoms with Gasteiger partial charge in [-0.2, -0.15) is 54.0 Å². The lowest BCUT2D eigenvalue weighted by Gasteiger charge is -2.27. The van der Waals surface area contributed by atoms with Gasteiger partial charge in [-0.25, -0.2) is 9.97 Å². The van der Waals surface area contributed by atoms with Crippen molar-refractivity contribution in [2.45, 2.75) is 84.7 Å². The van der Waals surface area contributed by atoms with Crippen molar-refractivity contribution in [3.05, 3.63) is 72.6 Å². The highest BCUT2D eigenvalue weighted by Gasteiger charge is 2.35. The molecule has 0 saturated carbocycles. The van der Waals surface area contributed by atoms with Crippen molar-refractivity contribution in [3.63, 3.8) is 0 Å². The minimum absolute atomic E-state index is 0. The summed E-state index contributed by atoms with van der Waals surface area (Å²) in [4.78, 5) is 44.4. The molecule has 2 saturated heterocycles. The first-order valence-corrected chi connectivity index (χ1v) is 17.8. The lowest BCUT2D eigenvalue weighted by molar-refractivity contribution is -0.137. The standard InChI is InChI=1S/C39H50N6O3.4H2S/c1-25(2)27(4)39(47)45-20-8-10-35(45)37-41-24-34(43-37)31-17-13-29(14-18-31)28-11-15-30(16-12-28)33-23-40-36(42-33)32-19-22-48-21-7-5-6-9-26(3)38(46)44-32;;;;/h11-18,23-27,32,35H,5-10,19-22H2,1-4H3,(H,40,42)(H,41,43)(H,44,46);4*1H2/t26-,27-,32-,35-;;;;/m0..../s1. The molecule has 2 aromatic carbocycles. The third-order valence-corrected chi connectivity index (χ3v) is 10.2. The van der Waals surface area contributed by atoms with Crippen molar-refractivity contribution in [2.24, 2.45) is 17.8 Å². The molecule has 2 aromatic heterocycles. The number of rotatable bonds is 7. The number of hydrogen-bond donors (Lipinski definition) is 3. The zero-order valence-electron chi connectivity index (χ0n) is 30.8. The fraction of sp³-hybridized carbons (Fsp3) is 0.487. The lowest BCUT2D eigenvalue weighted by Crippen LogP contribution is -2.36. The molecule has 13 heteroatoms. The minimum Gasteiger partial charge on any atom is -0.381 e. The average Bonchev–Trinajstić information content (AvgIpc) is 3.89. The Balaban J connectivity index is 0.00000234. The van der Waals surface area contributed by atoms with E-state index in [0.717, 1.165) is 97.0 Å². The number of carbonyl (C=O) groups is 2. The van der Waals surface area contributed by atoms with Crippen molar-refractivity contribution in [1.29, 1.82) is 0 Å². The summed E-state index contributed by atoms with van der Waals surface area (Å²) >= 11 is 0. The molecule has 2 fully saturated rings. The van der Waals surface area contributed by atoms with Gasteiger partial charge in [0.25, 0.3) is 0 Å². The summed E-state index contributed by atoms with van der Waals surface area (Å²) in [6.45, 7) is 10.4. The van der Waals surface area contributed by atoms with Crippen LogP contribution in [0.2, 0.25) is 0 Å². The van der Waals surface area contributed by atoms with Gasteiger partial charge < -0.3 is 24.9 Å². The molecule has 0 bridgehead atoms. The molecule has 0 spiro atoms. The second-order valence-corrected chi connectivity index (χ2v) is 14.0. The zero-order chi connectivity index (χ0) is 33.6. The summed E-state index contributed by atoms with van der Waals surface area (Å²) in [7, 11) is 0. The molecule has 4 aromatic rings. The van der Waals surface area contributed by atoms with Gasteiger partial charge in [-0.15, -0.1) is 0 Å². The Hall–Kier alpha value is -2.84. The molecule has 286 valence electrons. The van der Waals surface area contributed by atoms with E-state index in [2.05, 4.69) is 82.6 Å². The van der Waals surface area contributed by atoms with Crippen LogP contribution < -0.4 is 5.32 Å². The summed E-state index contributed by atoms with van der Waals surface area (Å²) in [6, 6.07) is 16.7. The van der Waals surface area contributed by atoms with Gasteiger partial charge in [0.05, 0.1) is 35.9 Å². The monoisotopic (exact) mass is 786 g/mol. The van der Waals surface area contributed by atoms with Gasteiger partial charge >= 0.3 is 0 Å². The van der Waals surface area contributed by atoms with Gasteiger partial charge in [0.1, 0.15) is 11.6 Å². The van der Waals surface area contributed by atoms with Gasteiger partial charge in [0.2, 0.25) is 11.8 Å². The van der Waals surface area contributed by atoms with Crippen LogP contribution in [0.5, 0.6) is 0 Å². The number of H-pyrrole nitrogens is 2. The predicted octanol–water partition coefficient (Wildman–Crippen LogP) is 8.31. The quantitative estimate of drug-likeness (QED) is 0.174. The number of likely N-dealkylation sites (tertiary alicyclic amines) is 1. The van der Waals surface area contributed by atoms with Crippen molar-refractivity contribution < 1.29 is 14.3 Å². The predicted molar refractivity (Wildman–Crippen MR) is 230 cm³/mol. The third kappa shape index (κ3) is 10.9. The van der Waals surface area contributed by atoms with E-state index in [1.807, 2.05) is 31.1 Å². The SMILES string of the molecule is CC(C)[C@H](C)C(=O)N1CCC[C@H]1c1ncc(-c2ccc(-c3ccc(-c4cnc([C@@H]5CCOCCCCC[C@H](C)C(=O)N5)[nH]4)cc3)cc2)[nH]1.S.S.S.S. The van der Waals surface area contributed by atoms with Crippen molar-refractivity contribution >= 4 is 65.8 Å². The molecule has 0 radical (unpaired) electrons. The van der Waals surface area contributed by atoms with E-state index in [4.69, 9.17) is 9.72 Å². The molecular weight excluding hydrogens is 729 g/mol. The average molecular weight is 787 g/mol. The number of nitrogens with one attached hydrogen (secondary N) is 3.